The maximum atomic E-state index is 4.04. The standard InChI is InChI=1S/C27H32N4/c1-17(2)16-22-18-8-7-11-21-23(18)27-13-15-31(22)25-26(27,12-14-29(25)3)19-9-5-6-10-20(19)28-24(27)30(21)4/h5-11,16,22,24-25,28H,12-15H2,1-4H3/t22-,24-,25-,26+,27+/m1/s1. The molecule has 0 aliphatic carbocycles. The van der Waals surface area contributed by atoms with Gasteiger partial charge in [0.15, 0.2) is 0 Å². The van der Waals surface area contributed by atoms with Crippen LogP contribution in [0.2, 0.25) is 0 Å². The summed E-state index contributed by atoms with van der Waals surface area (Å²) < 4.78 is 0. The van der Waals surface area contributed by atoms with Gasteiger partial charge in [-0.15, -0.1) is 0 Å². The van der Waals surface area contributed by atoms with Gasteiger partial charge in [-0.05, 0) is 62.6 Å². The van der Waals surface area contributed by atoms with Crippen molar-refractivity contribution < 1.29 is 0 Å². The maximum Gasteiger partial charge on any atom is 0.110 e. The van der Waals surface area contributed by atoms with Crippen LogP contribution in [-0.2, 0) is 10.8 Å². The molecule has 2 aromatic rings. The zero-order chi connectivity index (χ0) is 21.1. The smallest absolute Gasteiger partial charge is 0.110 e. The molecule has 2 saturated heterocycles. The Kier molecular flexibility index (Phi) is 3.38. The molecule has 2 bridgehead atoms. The molecule has 4 heteroatoms. The Balaban J connectivity index is 1.65. The lowest BCUT2D eigenvalue weighted by atomic mass is 9.50. The summed E-state index contributed by atoms with van der Waals surface area (Å²) in [6, 6.07) is 16.6. The van der Waals surface area contributed by atoms with E-state index in [0.717, 1.165) is 13.1 Å². The number of likely N-dealkylation sites (tertiary alicyclic amines) is 1. The number of allylic oxidation sites excluding steroid dienone is 1. The normalized spacial score (nSPS) is 38.8. The Hall–Kier alpha value is -2.30. The molecule has 2 aromatic carbocycles. The third kappa shape index (κ3) is 1.84. The van der Waals surface area contributed by atoms with Crippen molar-refractivity contribution in [3.63, 3.8) is 0 Å². The van der Waals surface area contributed by atoms with Crippen LogP contribution in [0.3, 0.4) is 0 Å². The van der Waals surface area contributed by atoms with E-state index in [4.69, 9.17) is 0 Å². The van der Waals surface area contributed by atoms with Gasteiger partial charge in [0.05, 0.1) is 17.6 Å². The summed E-state index contributed by atoms with van der Waals surface area (Å²) in [4.78, 5) is 8.07. The first-order chi connectivity index (χ1) is 15.0. The van der Waals surface area contributed by atoms with Crippen molar-refractivity contribution in [3.05, 3.63) is 70.8 Å². The molecule has 6 aliphatic rings. The lowest BCUT2D eigenvalue weighted by Gasteiger charge is -2.62. The Morgan fingerprint density at radius 2 is 1.81 bits per heavy atom. The van der Waals surface area contributed by atoms with E-state index in [1.54, 1.807) is 11.1 Å². The highest BCUT2D eigenvalue weighted by atomic mass is 15.4. The number of nitrogens with zero attached hydrogens (tertiary/aromatic N) is 3. The summed E-state index contributed by atoms with van der Waals surface area (Å²) in [7, 11) is 4.68. The van der Waals surface area contributed by atoms with Gasteiger partial charge in [-0.2, -0.15) is 0 Å². The van der Waals surface area contributed by atoms with Crippen molar-refractivity contribution in [1.29, 1.82) is 0 Å². The van der Waals surface area contributed by atoms with E-state index in [-0.39, 0.29) is 10.8 Å². The highest BCUT2D eigenvalue weighted by Gasteiger charge is 2.74. The van der Waals surface area contributed by atoms with Gasteiger partial charge in [0.2, 0.25) is 0 Å². The monoisotopic (exact) mass is 412 g/mol. The molecule has 1 N–H and O–H groups in total. The first-order valence-electron chi connectivity index (χ1n) is 11.8. The van der Waals surface area contributed by atoms with Crippen molar-refractivity contribution in [2.75, 3.05) is 37.4 Å². The molecule has 6 aliphatic heterocycles. The van der Waals surface area contributed by atoms with Crippen LogP contribution in [0, 0.1) is 0 Å². The largest absolute Gasteiger partial charge is 0.364 e. The van der Waals surface area contributed by atoms with Crippen LogP contribution in [0.15, 0.2) is 54.1 Å². The summed E-state index contributed by atoms with van der Waals surface area (Å²) in [5.41, 5.74) is 9.09. The number of likely N-dealkylation sites (N-methyl/N-ethyl adjacent to an activating group) is 2. The average Bonchev–Trinajstić information content (AvgIpc) is 3.16. The quantitative estimate of drug-likeness (QED) is 0.699. The number of anilines is 2. The van der Waals surface area contributed by atoms with Gasteiger partial charge in [0, 0.05) is 36.9 Å². The maximum absolute atomic E-state index is 4.04. The molecule has 0 amide bonds. The van der Waals surface area contributed by atoms with Crippen LogP contribution < -0.4 is 10.2 Å². The summed E-state index contributed by atoms with van der Waals surface area (Å²) in [6.45, 7) is 6.82. The van der Waals surface area contributed by atoms with Crippen LogP contribution in [0.4, 0.5) is 11.4 Å². The van der Waals surface area contributed by atoms with Gasteiger partial charge in [0.25, 0.3) is 0 Å². The number of fused-ring (bicyclic) bond motifs is 2. The second-order valence-electron chi connectivity index (χ2n) is 10.7. The molecule has 0 aromatic heterocycles. The minimum atomic E-state index is 0.0954. The van der Waals surface area contributed by atoms with Crippen molar-refractivity contribution in [3.8, 4) is 0 Å². The molecule has 2 spiro atoms. The lowest BCUT2D eigenvalue weighted by molar-refractivity contribution is -0.0461. The molecule has 6 heterocycles. The molecular formula is C27H32N4. The van der Waals surface area contributed by atoms with E-state index in [1.165, 1.54) is 35.4 Å². The molecular weight excluding hydrogens is 380 g/mol. The number of hydrogen-bond acceptors (Lipinski definition) is 4. The number of rotatable bonds is 1. The third-order valence-electron chi connectivity index (χ3n) is 9.21. The number of piperidine rings is 1. The summed E-state index contributed by atoms with van der Waals surface area (Å²) >= 11 is 0. The van der Waals surface area contributed by atoms with E-state index in [9.17, 15) is 0 Å². The second-order valence-corrected chi connectivity index (χ2v) is 10.7. The SMILES string of the molecule is CC(C)=C[C@@H]1c2cccc3c2[C@]24CCN1[C@H]1N(C)CC[C@]12c1ccccc1N[C@@H]4N3C. The molecule has 6 atom stereocenters. The lowest BCUT2D eigenvalue weighted by Crippen LogP contribution is -2.72. The zero-order valence-corrected chi connectivity index (χ0v) is 19.0. The van der Waals surface area contributed by atoms with Gasteiger partial charge in [0.1, 0.15) is 6.17 Å². The minimum Gasteiger partial charge on any atom is -0.364 e. The minimum absolute atomic E-state index is 0.0954. The van der Waals surface area contributed by atoms with Crippen LogP contribution >= 0.6 is 0 Å². The molecule has 4 nitrogen and oxygen atoms in total. The Morgan fingerprint density at radius 3 is 2.65 bits per heavy atom. The topological polar surface area (TPSA) is 21.8 Å². The Labute approximate surface area is 185 Å². The van der Waals surface area contributed by atoms with Crippen molar-refractivity contribution >= 4 is 11.4 Å². The van der Waals surface area contributed by atoms with Gasteiger partial charge < -0.3 is 10.2 Å². The first kappa shape index (κ1) is 18.3. The highest BCUT2D eigenvalue weighted by Crippen LogP contribution is 2.70. The molecule has 2 fully saturated rings. The molecule has 0 saturated carbocycles. The average molecular weight is 413 g/mol. The summed E-state index contributed by atoms with van der Waals surface area (Å²) in [5, 5.41) is 4.04. The summed E-state index contributed by atoms with van der Waals surface area (Å²) in [6.07, 6.45) is 5.69. The van der Waals surface area contributed by atoms with Crippen molar-refractivity contribution in [1.82, 2.24) is 9.80 Å². The fourth-order valence-electron chi connectivity index (χ4n) is 8.39. The number of benzene rings is 2. The van der Waals surface area contributed by atoms with Crippen molar-refractivity contribution in [2.24, 2.45) is 0 Å². The van der Waals surface area contributed by atoms with Gasteiger partial charge in [-0.3, -0.25) is 9.80 Å². The van der Waals surface area contributed by atoms with Crippen molar-refractivity contribution in [2.45, 2.75) is 55.9 Å². The fraction of sp³-hybridized carbons (Fsp3) is 0.481. The molecule has 160 valence electrons. The fourth-order valence-corrected chi connectivity index (χ4v) is 8.39. The van der Waals surface area contributed by atoms with E-state index in [1.807, 2.05) is 0 Å². The van der Waals surface area contributed by atoms with E-state index >= 15 is 0 Å². The number of nitrogens with one attached hydrogen (secondary N) is 1. The van der Waals surface area contributed by atoms with Gasteiger partial charge in [-0.1, -0.05) is 42.0 Å². The molecule has 1 unspecified atom stereocenters. The van der Waals surface area contributed by atoms with Crippen LogP contribution in [-0.4, -0.2) is 49.3 Å². The van der Waals surface area contributed by atoms with E-state index in [2.05, 4.69) is 96.5 Å². The predicted molar refractivity (Wildman–Crippen MR) is 127 cm³/mol. The summed E-state index contributed by atoms with van der Waals surface area (Å²) in [5.74, 6) is 0. The van der Waals surface area contributed by atoms with Crippen LogP contribution in [0.1, 0.15) is 49.4 Å². The highest BCUT2D eigenvalue weighted by molar-refractivity contribution is 5.77. The van der Waals surface area contributed by atoms with Crippen LogP contribution in [0.5, 0.6) is 0 Å². The number of para-hydroxylation sites is 1. The van der Waals surface area contributed by atoms with Crippen LogP contribution in [0.25, 0.3) is 0 Å². The Bertz CT molecular complexity index is 1130. The molecule has 31 heavy (non-hydrogen) atoms. The third-order valence-corrected chi connectivity index (χ3v) is 9.21. The predicted octanol–water partition coefficient (Wildman–Crippen LogP) is 4.45. The van der Waals surface area contributed by atoms with Gasteiger partial charge in [-0.25, -0.2) is 0 Å². The second kappa shape index (κ2) is 5.73. The Morgan fingerprint density at radius 1 is 1.00 bits per heavy atom. The zero-order valence-electron chi connectivity index (χ0n) is 19.0. The molecule has 0 radical (unpaired) electrons. The molecule has 8 rings (SSSR count). The first-order valence-corrected chi connectivity index (χ1v) is 11.8. The number of hydrogen-bond donors (Lipinski definition) is 1. The van der Waals surface area contributed by atoms with E-state index in [0.29, 0.717) is 18.4 Å². The van der Waals surface area contributed by atoms with Gasteiger partial charge >= 0.3 is 0 Å². The van der Waals surface area contributed by atoms with E-state index < -0.39 is 0 Å².